The molecule has 0 aliphatic carbocycles. The van der Waals surface area contributed by atoms with E-state index in [-0.39, 0.29) is 5.91 Å². The third kappa shape index (κ3) is 3.87. The van der Waals surface area contributed by atoms with Crippen molar-refractivity contribution in [2.45, 2.75) is 12.2 Å². The summed E-state index contributed by atoms with van der Waals surface area (Å²) in [7, 11) is 0. The van der Waals surface area contributed by atoms with Crippen molar-refractivity contribution in [2.75, 3.05) is 18.8 Å². The average molecular weight is 291 g/mol. The quantitative estimate of drug-likeness (QED) is 0.869. The van der Waals surface area contributed by atoms with Crippen LogP contribution in [0.15, 0.2) is 30.3 Å². The number of thioether (sulfide) groups is 1. The molecule has 1 N–H and O–H groups in total. The Morgan fingerprint density at radius 2 is 2.05 bits per heavy atom. The van der Waals surface area contributed by atoms with Gasteiger partial charge in [-0.15, -0.1) is 0 Å². The molecule has 1 saturated heterocycles. The average Bonchev–Trinajstić information content (AvgIpc) is 2.45. The van der Waals surface area contributed by atoms with Crippen molar-refractivity contribution in [3.8, 4) is 0 Å². The Bertz CT molecular complexity index is 524. The third-order valence-electron chi connectivity index (χ3n) is 3.10. The topological polar surface area (TPSA) is 57.6 Å². The molecular weight excluding hydrogens is 274 g/mol. The van der Waals surface area contributed by atoms with E-state index in [0.717, 1.165) is 30.5 Å². The van der Waals surface area contributed by atoms with Crippen LogP contribution in [0.2, 0.25) is 0 Å². The lowest BCUT2D eigenvalue weighted by Gasteiger charge is -2.30. The second-order valence-corrected chi connectivity index (χ2v) is 6.27. The van der Waals surface area contributed by atoms with Crippen LogP contribution < -0.4 is 0 Å². The lowest BCUT2D eigenvalue weighted by molar-refractivity contribution is -0.131. The zero-order valence-electron chi connectivity index (χ0n) is 11.3. The minimum atomic E-state index is -0.982. The van der Waals surface area contributed by atoms with Crippen LogP contribution in [0, 0.1) is 0 Å². The molecular formula is C15H17NO3S. The minimum Gasteiger partial charge on any atom is -0.478 e. The Morgan fingerprint density at radius 3 is 2.65 bits per heavy atom. The number of carboxylic acids is 1. The van der Waals surface area contributed by atoms with E-state index in [9.17, 15) is 9.59 Å². The van der Waals surface area contributed by atoms with E-state index >= 15 is 0 Å². The fraction of sp³-hybridized carbons (Fsp3) is 0.333. The third-order valence-corrected chi connectivity index (χ3v) is 4.24. The second-order valence-electron chi connectivity index (χ2n) is 4.73. The molecule has 1 heterocycles. The van der Waals surface area contributed by atoms with E-state index in [2.05, 4.69) is 6.92 Å². The number of benzene rings is 1. The molecule has 0 saturated carbocycles. The van der Waals surface area contributed by atoms with Gasteiger partial charge in [0.2, 0.25) is 0 Å². The fourth-order valence-corrected chi connectivity index (χ4v) is 3.10. The van der Waals surface area contributed by atoms with Gasteiger partial charge in [-0.25, -0.2) is 4.79 Å². The molecule has 1 atom stereocenters. The van der Waals surface area contributed by atoms with Gasteiger partial charge in [0.15, 0.2) is 0 Å². The Kier molecular flexibility index (Phi) is 4.84. The molecule has 2 rings (SSSR count). The predicted molar refractivity (Wildman–Crippen MR) is 80.9 cm³/mol. The number of hydrogen-bond acceptors (Lipinski definition) is 3. The summed E-state index contributed by atoms with van der Waals surface area (Å²) in [5, 5.41) is 9.04. The van der Waals surface area contributed by atoms with E-state index in [0.29, 0.717) is 10.8 Å². The number of aliphatic carboxylic acids is 1. The van der Waals surface area contributed by atoms with Gasteiger partial charge in [0.05, 0.1) is 0 Å². The van der Waals surface area contributed by atoms with Crippen molar-refractivity contribution in [3.05, 3.63) is 41.5 Å². The highest BCUT2D eigenvalue weighted by atomic mass is 32.2. The number of hydrogen-bond donors (Lipinski definition) is 1. The maximum absolute atomic E-state index is 12.3. The normalized spacial score (nSPS) is 19.2. The van der Waals surface area contributed by atoms with E-state index in [1.54, 1.807) is 24.3 Å². The van der Waals surface area contributed by atoms with Crippen LogP contribution in [0.3, 0.4) is 0 Å². The zero-order chi connectivity index (χ0) is 14.5. The molecule has 0 radical (unpaired) electrons. The van der Waals surface area contributed by atoms with Crippen LogP contribution in [-0.2, 0) is 4.79 Å². The van der Waals surface area contributed by atoms with Gasteiger partial charge in [0, 0.05) is 35.7 Å². The van der Waals surface area contributed by atoms with Gasteiger partial charge in [-0.3, -0.25) is 4.79 Å². The van der Waals surface area contributed by atoms with Crippen LogP contribution in [0.4, 0.5) is 0 Å². The van der Waals surface area contributed by atoms with Crippen molar-refractivity contribution in [2.24, 2.45) is 0 Å². The van der Waals surface area contributed by atoms with Gasteiger partial charge < -0.3 is 10.0 Å². The lowest BCUT2D eigenvalue weighted by atomic mass is 10.1. The number of carboxylic acid groups (broad SMARTS) is 1. The summed E-state index contributed by atoms with van der Waals surface area (Å²) in [6.07, 6.45) is 2.59. The highest BCUT2D eigenvalue weighted by Crippen LogP contribution is 2.19. The lowest BCUT2D eigenvalue weighted by Crippen LogP contribution is -2.40. The molecule has 1 aromatic carbocycles. The van der Waals surface area contributed by atoms with Crippen LogP contribution in [0.25, 0.3) is 6.08 Å². The first kappa shape index (κ1) is 14.7. The van der Waals surface area contributed by atoms with Gasteiger partial charge in [0.25, 0.3) is 5.91 Å². The van der Waals surface area contributed by atoms with Gasteiger partial charge >= 0.3 is 5.97 Å². The fourth-order valence-electron chi connectivity index (χ4n) is 2.09. The minimum absolute atomic E-state index is 0.0471. The van der Waals surface area contributed by atoms with Crippen molar-refractivity contribution in [1.82, 2.24) is 4.90 Å². The predicted octanol–water partition coefficient (Wildman–Crippen LogP) is 2.36. The monoisotopic (exact) mass is 291 g/mol. The van der Waals surface area contributed by atoms with Crippen molar-refractivity contribution >= 4 is 29.7 Å². The highest BCUT2D eigenvalue weighted by Gasteiger charge is 2.22. The molecule has 4 nitrogen and oxygen atoms in total. The summed E-state index contributed by atoms with van der Waals surface area (Å²) >= 11 is 1.89. The number of carbonyl (C=O) groups excluding carboxylic acids is 1. The van der Waals surface area contributed by atoms with Crippen molar-refractivity contribution in [1.29, 1.82) is 0 Å². The van der Waals surface area contributed by atoms with Gasteiger partial charge in [0.1, 0.15) is 0 Å². The molecule has 0 spiro atoms. The molecule has 1 aromatic rings. The van der Waals surface area contributed by atoms with Crippen LogP contribution in [0.5, 0.6) is 0 Å². The summed E-state index contributed by atoms with van der Waals surface area (Å²) in [5.41, 5.74) is 1.42. The number of rotatable bonds is 3. The first-order valence-electron chi connectivity index (χ1n) is 6.48. The van der Waals surface area contributed by atoms with Gasteiger partial charge in [-0.1, -0.05) is 19.1 Å². The molecule has 1 aliphatic rings. The van der Waals surface area contributed by atoms with E-state index < -0.39 is 5.97 Å². The molecule has 0 aromatic heterocycles. The molecule has 5 heteroatoms. The molecule has 1 unspecified atom stereocenters. The smallest absolute Gasteiger partial charge is 0.328 e. The summed E-state index contributed by atoms with van der Waals surface area (Å²) < 4.78 is 0. The van der Waals surface area contributed by atoms with Crippen LogP contribution >= 0.6 is 11.8 Å². The summed E-state index contributed by atoms with van der Waals surface area (Å²) in [6, 6.07) is 7.01. The van der Waals surface area contributed by atoms with Gasteiger partial charge in [-0.05, 0) is 23.8 Å². The Labute approximate surface area is 122 Å². The molecule has 1 fully saturated rings. The molecule has 1 amide bonds. The summed E-state index contributed by atoms with van der Waals surface area (Å²) in [4.78, 5) is 24.6. The van der Waals surface area contributed by atoms with E-state index in [1.165, 1.54) is 6.08 Å². The largest absolute Gasteiger partial charge is 0.478 e. The van der Waals surface area contributed by atoms with Gasteiger partial charge in [-0.2, -0.15) is 11.8 Å². The maximum atomic E-state index is 12.3. The Balaban J connectivity index is 2.05. The SMILES string of the molecule is CC1CN(C(=O)c2ccc(/C=C/C(=O)O)cc2)CCS1. The molecule has 20 heavy (non-hydrogen) atoms. The first-order valence-corrected chi connectivity index (χ1v) is 7.53. The molecule has 0 bridgehead atoms. The highest BCUT2D eigenvalue weighted by molar-refractivity contribution is 7.99. The Morgan fingerprint density at radius 1 is 1.35 bits per heavy atom. The number of amides is 1. The van der Waals surface area contributed by atoms with Crippen LogP contribution in [0.1, 0.15) is 22.8 Å². The van der Waals surface area contributed by atoms with E-state index in [4.69, 9.17) is 5.11 Å². The van der Waals surface area contributed by atoms with E-state index in [1.807, 2.05) is 16.7 Å². The molecule has 1 aliphatic heterocycles. The summed E-state index contributed by atoms with van der Waals surface area (Å²) in [6.45, 7) is 3.70. The zero-order valence-corrected chi connectivity index (χ0v) is 12.1. The standard InChI is InChI=1S/C15H17NO3S/c1-11-10-16(8-9-20-11)15(19)13-5-2-12(3-6-13)4-7-14(17)18/h2-7,11H,8-10H2,1H3,(H,17,18)/b7-4+. The Hall–Kier alpha value is -1.75. The number of nitrogens with zero attached hydrogens (tertiary/aromatic N) is 1. The summed E-state index contributed by atoms with van der Waals surface area (Å²) in [5.74, 6) is 0.0441. The van der Waals surface area contributed by atoms with Crippen LogP contribution in [-0.4, -0.2) is 46.0 Å². The number of carbonyl (C=O) groups is 2. The van der Waals surface area contributed by atoms with Crippen molar-refractivity contribution in [3.63, 3.8) is 0 Å². The molecule has 106 valence electrons. The first-order chi connectivity index (χ1) is 9.56. The second kappa shape index (κ2) is 6.61. The maximum Gasteiger partial charge on any atom is 0.328 e. The van der Waals surface area contributed by atoms with Crippen molar-refractivity contribution < 1.29 is 14.7 Å².